The average molecular weight is 203 g/mol. The molecule has 0 aliphatic heterocycles. The molecule has 2 heterocycles. The summed E-state index contributed by atoms with van der Waals surface area (Å²) in [5.74, 6) is -0.457. The van der Waals surface area contributed by atoms with Crippen LogP contribution in [0.3, 0.4) is 0 Å². The molecule has 0 atom stereocenters. The minimum Gasteiger partial charge on any atom is -0.464 e. The van der Waals surface area contributed by atoms with E-state index < -0.39 is 5.97 Å². The van der Waals surface area contributed by atoms with E-state index in [-0.39, 0.29) is 0 Å². The topological polar surface area (TPSA) is 56.5 Å². The van der Waals surface area contributed by atoms with Crippen molar-refractivity contribution >= 4 is 17.6 Å². The van der Waals surface area contributed by atoms with Crippen LogP contribution >= 0.6 is 0 Å². The summed E-state index contributed by atoms with van der Waals surface area (Å²) in [6.07, 6.45) is 6.28. The quantitative estimate of drug-likeness (QED) is 0.687. The first-order valence-corrected chi connectivity index (χ1v) is 4.29. The molecule has 76 valence electrons. The number of carbonyl (C=O) groups excluding carboxylic acids is 1. The second-order valence-corrected chi connectivity index (χ2v) is 2.88. The predicted octanol–water partition coefficient (Wildman–Crippen LogP) is 1.16. The maximum atomic E-state index is 11.5. The number of hydrogen-bond donors (Lipinski definition) is 0. The van der Waals surface area contributed by atoms with Gasteiger partial charge in [-0.1, -0.05) is 6.58 Å². The zero-order valence-corrected chi connectivity index (χ0v) is 8.17. The lowest BCUT2D eigenvalue weighted by molar-refractivity contribution is 0.0591. The molecule has 0 radical (unpaired) electrons. The molecule has 5 nitrogen and oxygen atoms in total. The number of ether oxygens (including phenoxy) is 1. The van der Waals surface area contributed by atoms with Gasteiger partial charge in [-0.25, -0.2) is 9.78 Å². The van der Waals surface area contributed by atoms with Crippen molar-refractivity contribution in [2.45, 2.75) is 0 Å². The predicted molar refractivity (Wildman–Crippen MR) is 54.4 cm³/mol. The number of aromatic nitrogens is 3. The number of hydrogen-bond acceptors (Lipinski definition) is 4. The summed E-state index contributed by atoms with van der Waals surface area (Å²) in [4.78, 5) is 19.6. The van der Waals surface area contributed by atoms with Gasteiger partial charge in [0, 0.05) is 0 Å². The molecular weight excluding hydrogens is 194 g/mol. The first-order chi connectivity index (χ1) is 7.27. The minimum absolute atomic E-state index is 0.336. The second-order valence-electron chi connectivity index (χ2n) is 2.88. The molecule has 5 heteroatoms. The summed E-state index contributed by atoms with van der Waals surface area (Å²) in [7, 11) is 1.32. The lowest BCUT2D eigenvalue weighted by Gasteiger charge is -2.05. The van der Waals surface area contributed by atoms with Gasteiger partial charge in [0.15, 0.2) is 5.69 Å². The van der Waals surface area contributed by atoms with Crippen molar-refractivity contribution in [2.75, 3.05) is 7.11 Å². The molecule has 0 unspecified atom stereocenters. The van der Waals surface area contributed by atoms with Gasteiger partial charge in [-0.3, -0.25) is 9.38 Å². The minimum atomic E-state index is -0.457. The lowest BCUT2D eigenvalue weighted by Crippen LogP contribution is -2.11. The van der Waals surface area contributed by atoms with Gasteiger partial charge in [-0.2, -0.15) is 0 Å². The number of carbonyl (C=O) groups is 1. The number of nitrogens with zero attached hydrogens (tertiary/aromatic N) is 3. The molecule has 2 aromatic rings. The van der Waals surface area contributed by atoms with Gasteiger partial charge in [0.2, 0.25) is 0 Å². The Morgan fingerprint density at radius 2 is 2.40 bits per heavy atom. The molecule has 15 heavy (non-hydrogen) atoms. The van der Waals surface area contributed by atoms with E-state index in [2.05, 4.69) is 21.3 Å². The Morgan fingerprint density at radius 3 is 3.07 bits per heavy atom. The summed E-state index contributed by atoms with van der Waals surface area (Å²) < 4.78 is 6.30. The number of esters is 1. The van der Waals surface area contributed by atoms with Gasteiger partial charge >= 0.3 is 5.97 Å². The largest absolute Gasteiger partial charge is 0.464 e. The van der Waals surface area contributed by atoms with Gasteiger partial charge in [0.25, 0.3) is 0 Å². The molecule has 0 spiro atoms. The molecule has 0 aliphatic carbocycles. The van der Waals surface area contributed by atoms with Gasteiger partial charge in [0.1, 0.15) is 0 Å². The van der Waals surface area contributed by atoms with E-state index in [1.807, 2.05) is 0 Å². The highest BCUT2D eigenvalue weighted by Crippen LogP contribution is 2.12. The van der Waals surface area contributed by atoms with Gasteiger partial charge in [0.05, 0.1) is 37.0 Å². The summed E-state index contributed by atoms with van der Waals surface area (Å²) >= 11 is 0. The molecule has 0 N–H and O–H groups in total. The van der Waals surface area contributed by atoms with Crippen LogP contribution in [-0.4, -0.2) is 27.4 Å². The highest BCUT2D eigenvalue weighted by atomic mass is 16.5. The molecule has 2 rings (SSSR count). The fourth-order valence-corrected chi connectivity index (χ4v) is 1.36. The van der Waals surface area contributed by atoms with Crippen LogP contribution in [0.5, 0.6) is 0 Å². The van der Waals surface area contributed by atoms with Crippen LogP contribution in [0.2, 0.25) is 0 Å². The molecule has 0 aliphatic rings. The number of rotatable bonds is 2. The van der Waals surface area contributed by atoms with Gasteiger partial charge in [-0.05, 0) is 6.08 Å². The Bertz CT molecular complexity index is 530. The average Bonchev–Trinajstić information content (AvgIpc) is 2.74. The third-order valence-electron chi connectivity index (χ3n) is 2.06. The van der Waals surface area contributed by atoms with Crippen LogP contribution in [0.15, 0.2) is 25.3 Å². The Kier molecular flexibility index (Phi) is 2.21. The van der Waals surface area contributed by atoms with E-state index in [4.69, 9.17) is 0 Å². The highest BCUT2D eigenvalue weighted by Gasteiger charge is 2.15. The third-order valence-corrected chi connectivity index (χ3v) is 2.06. The molecule has 0 aromatic carbocycles. The van der Waals surface area contributed by atoms with Crippen LogP contribution in [-0.2, 0) is 4.74 Å². The maximum absolute atomic E-state index is 11.5. The number of methoxy groups -OCH3 is 1. The van der Waals surface area contributed by atoms with E-state index in [0.717, 1.165) is 5.52 Å². The zero-order chi connectivity index (χ0) is 10.8. The van der Waals surface area contributed by atoms with Crippen LogP contribution in [0.1, 0.15) is 16.2 Å². The molecule has 0 saturated carbocycles. The normalized spacial score (nSPS) is 10.2. The monoisotopic (exact) mass is 203 g/mol. The standard InChI is InChI=1S/C10H9N3O2/c1-3-8-9(10(14)15-2)13-6-11-4-7(13)5-12-8/h3-6H,1H2,2H3. The van der Waals surface area contributed by atoms with Gasteiger partial charge in [-0.15, -0.1) is 0 Å². The van der Waals surface area contributed by atoms with Crippen molar-refractivity contribution in [1.29, 1.82) is 0 Å². The lowest BCUT2D eigenvalue weighted by atomic mass is 10.3. The smallest absolute Gasteiger partial charge is 0.357 e. The van der Waals surface area contributed by atoms with Crippen molar-refractivity contribution in [3.63, 3.8) is 0 Å². The van der Waals surface area contributed by atoms with Crippen molar-refractivity contribution in [3.05, 3.63) is 36.7 Å². The maximum Gasteiger partial charge on any atom is 0.357 e. The Balaban J connectivity index is 2.79. The fraction of sp³-hybridized carbons (Fsp3) is 0.100. The Labute approximate surface area is 86.0 Å². The van der Waals surface area contributed by atoms with E-state index in [1.165, 1.54) is 19.5 Å². The number of imidazole rings is 1. The first-order valence-electron chi connectivity index (χ1n) is 4.29. The van der Waals surface area contributed by atoms with Crippen molar-refractivity contribution in [3.8, 4) is 0 Å². The second kappa shape index (κ2) is 3.53. The third kappa shape index (κ3) is 1.38. The molecule has 0 saturated heterocycles. The summed E-state index contributed by atoms with van der Waals surface area (Å²) in [6, 6.07) is 0. The number of fused-ring (bicyclic) bond motifs is 1. The molecule has 0 bridgehead atoms. The van der Waals surface area contributed by atoms with Crippen molar-refractivity contribution in [2.24, 2.45) is 0 Å². The molecule has 0 amide bonds. The van der Waals surface area contributed by atoms with Crippen LogP contribution < -0.4 is 0 Å². The molecule has 0 fully saturated rings. The first kappa shape index (κ1) is 9.39. The fourth-order valence-electron chi connectivity index (χ4n) is 1.36. The zero-order valence-electron chi connectivity index (χ0n) is 8.17. The molecule has 2 aromatic heterocycles. The van der Waals surface area contributed by atoms with Crippen LogP contribution in [0, 0.1) is 0 Å². The van der Waals surface area contributed by atoms with Gasteiger partial charge < -0.3 is 4.74 Å². The van der Waals surface area contributed by atoms with E-state index in [1.54, 1.807) is 16.8 Å². The summed E-state index contributed by atoms with van der Waals surface area (Å²) in [5.41, 5.74) is 1.55. The van der Waals surface area contributed by atoms with Crippen LogP contribution in [0.4, 0.5) is 0 Å². The van der Waals surface area contributed by atoms with Crippen molar-refractivity contribution < 1.29 is 9.53 Å². The van der Waals surface area contributed by atoms with Crippen LogP contribution in [0.25, 0.3) is 11.6 Å². The highest BCUT2D eigenvalue weighted by molar-refractivity contribution is 5.91. The van der Waals surface area contributed by atoms with E-state index >= 15 is 0 Å². The Hall–Kier alpha value is -2.17. The molecular formula is C10H9N3O2. The van der Waals surface area contributed by atoms with Crippen molar-refractivity contribution in [1.82, 2.24) is 14.4 Å². The van der Waals surface area contributed by atoms with E-state index in [0.29, 0.717) is 11.4 Å². The Morgan fingerprint density at radius 1 is 1.60 bits per heavy atom. The summed E-state index contributed by atoms with van der Waals surface area (Å²) in [5, 5.41) is 0. The SMILES string of the molecule is C=Cc1ncc2cncn2c1C(=O)OC. The van der Waals surface area contributed by atoms with E-state index in [9.17, 15) is 4.79 Å². The summed E-state index contributed by atoms with van der Waals surface area (Å²) in [6.45, 7) is 3.60.